The predicted octanol–water partition coefficient (Wildman–Crippen LogP) is 3.90. The van der Waals surface area contributed by atoms with Gasteiger partial charge in [0.1, 0.15) is 6.33 Å². The van der Waals surface area contributed by atoms with Gasteiger partial charge in [0.15, 0.2) is 0 Å². The van der Waals surface area contributed by atoms with Gasteiger partial charge in [-0.1, -0.05) is 25.1 Å². The van der Waals surface area contributed by atoms with E-state index >= 15 is 0 Å². The molecule has 0 saturated heterocycles. The lowest BCUT2D eigenvalue weighted by atomic mass is 10.1. The zero-order valence-electron chi connectivity index (χ0n) is 13.8. The van der Waals surface area contributed by atoms with E-state index < -0.39 is 4.92 Å². The number of nitro groups is 1. The highest BCUT2D eigenvalue weighted by atomic mass is 16.6. The summed E-state index contributed by atoms with van der Waals surface area (Å²) < 4.78 is 0. The van der Waals surface area contributed by atoms with E-state index in [2.05, 4.69) is 20.6 Å². The molecule has 2 rings (SSSR count). The molecule has 0 bridgehead atoms. The fourth-order valence-corrected chi connectivity index (χ4v) is 2.17. The van der Waals surface area contributed by atoms with Crippen LogP contribution in [0.25, 0.3) is 0 Å². The Morgan fingerprint density at radius 2 is 1.83 bits per heavy atom. The number of para-hydroxylation sites is 1. The Hall–Kier alpha value is -2.70. The standard InChI is InChI=1S/C16H21N5O2/c1-5-11-8-6-7-9-12(11)19-14-13(21(22)23)15(18-10-17-14)20-16(2,3)4/h6-10H,5H2,1-4H3,(H2,17,18,19,20). The van der Waals surface area contributed by atoms with Crippen molar-refractivity contribution in [1.82, 2.24) is 9.97 Å². The van der Waals surface area contributed by atoms with Crippen LogP contribution >= 0.6 is 0 Å². The molecule has 1 aromatic carbocycles. The third kappa shape index (κ3) is 4.15. The Morgan fingerprint density at radius 3 is 2.43 bits per heavy atom. The maximum atomic E-state index is 11.5. The summed E-state index contributed by atoms with van der Waals surface area (Å²) in [6.45, 7) is 7.77. The number of hydrogen-bond donors (Lipinski definition) is 2. The van der Waals surface area contributed by atoms with Crippen LogP contribution in [-0.4, -0.2) is 20.4 Å². The van der Waals surface area contributed by atoms with Crippen molar-refractivity contribution >= 4 is 23.0 Å². The van der Waals surface area contributed by atoms with Gasteiger partial charge in [-0.25, -0.2) is 9.97 Å². The van der Waals surface area contributed by atoms with Crippen molar-refractivity contribution in [2.45, 2.75) is 39.7 Å². The molecule has 0 spiro atoms. The molecule has 7 nitrogen and oxygen atoms in total. The number of hydrogen-bond acceptors (Lipinski definition) is 6. The predicted molar refractivity (Wildman–Crippen MR) is 91.2 cm³/mol. The lowest BCUT2D eigenvalue weighted by Crippen LogP contribution is -2.27. The zero-order chi connectivity index (χ0) is 17.0. The Balaban J connectivity index is 2.46. The number of nitrogens with one attached hydrogen (secondary N) is 2. The summed E-state index contributed by atoms with van der Waals surface area (Å²) in [5.74, 6) is 0.381. The van der Waals surface area contributed by atoms with Crippen LogP contribution in [0.3, 0.4) is 0 Å². The van der Waals surface area contributed by atoms with Crippen molar-refractivity contribution in [2.75, 3.05) is 10.6 Å². The molecule has 0 radical (unpaired) electrons. The molecule has 0 aliphatic rings. The average Bonchev–Trinajstić information content (AvgIpc) is 2.46. The van der Waals surface area contributed by atoms with Gasteiger partial charge < -0.3 is 10.6 Å². The number of nitrogens with zero attached hydrogens (tertiary/aromatic N) is 3. The van der Waals surface area contributed by atoms with Gasteiger partial charge >= 0.3 is 5.69 Å². The maximum absolute atomic E-state index is 11.5. The van der Waals surface area contributed by atoms with Gasteiger partial charge in [-0.15, -0.1) is 0 Å². The molecule has 1 heterocycles. The molecule has 2 aromatic rings. The van der Waals surface area contributed by atoms with Gasteiger partial charge in [0.25, 0.3) is 0 Å². The van der Waals surface area contributed by atoms with E-state index in [0.29, 0.717) is 0 Å². The second kappa shape index (κ2) is 6.60. The van der Waals surface area contributed by atoms with Crippen LogP contribution in [0.2, 0.25) is 0 Å². The fraction of sp³-hybridized carbons (Fsp3) is 0.375. The number of aromatic nitrogens is 2. The number of aryl methyl sites for hydroxylation is 1. The van der Waals surface area contributed by atoms with Gasteiger partial charge in [0.05, 0.1) is 4.92 Å². The molecule has 0 fully saturated rings. The number of anilines is 3. The van der Waals surface area contributed by atoms with Crippen LogP contribution in [0, 0.1) is 10.1 Å². The van der Waals surface area contributed by atoms with Crippen molar-refractivity contribution in [3.63, 3.8) is 0 Å². The van der Waals surface area contributed by atoms with Crippen molar-refractivity contribution in [1.29, 1.82) is 0 Å². The molecular formula is C16H21N5O2. The molecule has 23 heavy (non-hydrogen) atoms. The summed E-state index contributed by atoms with van der Waals surface area (Å²) in [6, 6.07) is 7.67. The Morgan fingerprint density at radius 1 is 1.17 bits per heavy atom. The zero-order valence-corrected chi connectivity index (χ0v) is 13.8. The van der Waals surface area contributed by atoms with Crippen LogP contribution in [-0.2, 0) is 6.42 Å². The highest BCUT2D eigenvalue weighted by Crippen LogP contribution is 2.33. The Bertz CT molecular complexity index is 710. The third-order valence-corrected chi connectivity index (χ3v) is 3.15. The Labute approximate surface area is 135 Å². The van der Waals surface area contributed by atoms with Crippen LogP contribution < -0.4 is 10.6 Å². The lowest BCUT2D eigenvalue weighted by Gasteiger charge is -2.21. The summed E-state index contributed by atoms with van der Waals surface area (Å²) in [7, 11) is 0. The molecule has 7 heteroatoms. The lowest BCUT2D eigenvalue weighted by molar-refractivity contribution is -0.383. The highest BCUT2D eigenvalue weighted by Gasteiger charge is 2.26. The van der Waals surface area contributed by atoms with E-state index in [0.717, 1.165) is 17.7 Å². The summed E-state index contributed by atoms with van der Waals surface area (Å²) in [6.07, 6.45) is 2.13. The molecule has 2 N–H and O–H groups in total. The molecule has 0 atom stereocenters. The first-order chi connectivity index (χ1) is 10.8. The van der Waals surface area contributed by atoms with E-state index in [1.165, 1.54) is 6.33 Å². The monoisotopic (exact) mass is 315 g/mol. The molecule has 0 aliphatic heterocycles. The summed E-state index contributed by atoms with van der Waals surface area (Å²) in [5.41, 5.74) is 1.36. The maximum Gasteiger partial charge on any atom is 0.353 e. The summed E-state index contributed by atoms with van der Waals surface area (Å²) >= 11 is 0. The minimum absolute atomic E-state index is 0.159. The number of rotatable bonds is 5. The first kappa shape index (κ1) is 16.7. The van der Waals surface area contributed by atoms with Gasteiger partial charge in [-0.2, -0.15) is 0 Å². The van der Waals surface area contributed by atoms with Crippen LogP contribution in [0.1, 0.15) is 33.3 Å². The van der Waals surface area contributed by atoms with Gasteiger partial charge in [0.2, 0.25) is 11.6 Å². The molecule has 1 aromatic heterocycles. The van der Waals surface area contributed by atoms with Crippen LogP contribution in [0.5, 0.6) is 0 Å². The topological polar surface area (TPSA) is 93.0 Å². The van der Waals surface area contributed by atoms with Gasteiger partial charge in [0, 0.05) is 11.2 Å². The largest absolute Gasteiger partial charge is 0.360 e. The number of benzene rings is 1. The van der Waals surface area contributed by atoms with Gasteiger partial charge in [-0.3, -0.25) is 10.1 Å². The average molecular weight is 315 g/mol. The second-order valence-corrected chi connectivity index (χ2v) is 6.19. The molecule has 122 valence electrons. The van der Waals surface area contributed by atoms with E-state index in [-0.39, 0.29) is 22.9 Å². The molecule has 0 aliphatic carbocycles. The minimum atomic E-state index is -0.467. The van der Waals surface area contributed by atoms with E-state index in [4.69, 9.17) is 0 Å². The Kier molecular flexibility index (Phi) is 4.78. The quantitative estimate of drug-likeness (QED) is 0.642. The van der Waals surface area contributed by atoms with E-state index in [9.17, 15) is 10.1 Å². The molecular weight excluding hydrogens is 294 g/mol. The first-order valence-electron chi connectivity index (χ1n) is 7.44. The normalized spacial score (nSPS) is 11.1. The molecule has 0 unspecified atom stereocenters. The molecule has 0 saturated carbocycles. The van der Waals surface area contributed by atoms with Crippen LogP contribution in [0.15, 0.2) is 30.6 Å². The third-order valence-electron chi connectivity index (χ3n) is 3.15. The van der Waals surface area contributed by atoms with Gasteiger partial charge in [-0.05, 0) is 38.8 Å². The fourth-order valence-electron chi connectivity index (χ4n) is 2.17. The van der Waals surface area contributed by atoms with Crippen molar-refractivity contribution in [2.24, 2.45) is 0 Å². The first-order valence-corrected chi connectivity index (χ1v) is 7.44. The van der Waals surface area contributed by atoms with Crippen molar-refractivity contribution in [3.05, 3.63) is 46.3 Å². The van der Waals surface area contributed by atoms with Crippen molar-refractivity contribution in [3.8, 4) is 0 Å². The van der Waals surface area contributed by atoms with E-state index in [1.54, 1.807) is 0 Å². The smallest absolute Gasteiger partial charge is 0.353 e. The summed E-state index contributed by atoms with van der Waals surface area (Å²) in [4.78, 5) is 19.1. The van der Waals surface area contributed by atoms with E-state index in [1.807, 2.05) is 52.0 Å². The minimum Gasteiger partial charge on any atom is -0.360 e. The summed E-state index contributed by atoms with van der Waals surface area (Å²) in [5, 5.41) is 17.6. The SMILES string of the molecule is CCc1ccccc1Nc1ncnc(NC(C)(C)C)c1[N+](=O)[O-]. The van der Waals surface area contributed by atoms with Crippen LogP contribution in [0.4, 0.5) is 23.0 Å². The molecule has 0 amide bonds. The van der Waals surface area contributed by atoms with Crippen molar-refractivity contribution < 1.29 is 4.92 Å². The highest BCUT2D eigenvalue weighted by molar-refractivity contribution is 5.75. The second-order valence-electron chi connectivity index (χ2n) is 6.19.